The van der Waals surface area contributed by atoms with E-state index in [1.807, 2.05) is 12.2 Å². The van der Waals surface area contributed by atoms with Crippen LogP contribution in [0.1, 0.15) is 89.9 Å². The molecule has 4 saturated carbocycles. The Morgan fingerprint density at radius 1 is 0.655 bits per heavy atom. The van der Waals surface area contributed by atoms with Gasteiger partial charge >= 0.3 is 0 Å². The monoisotopic (exact) mass is 397 g/mol. The lowest BCUT2D eigenvalue weighted by molar-refractivity contribution is -0.0994. The van der Waals surface area contributed by atoms with Crippen LogP contribution in [-0.2, 0) is 14.4 Å². The molecular formula is C23H31N3O3. The number of nitrogens with zero attached hydrogens (tertiary/aromatic N) is 3. The quantitative estimate of drug-likeness (QED) is 0.485. The van der Waals surface area contributed by atoms with Gasteiger partial charge in [-0.05, 0) is 57.3 Å². The highest BCUT2D eigenvalue weighted by Crippen LogP contribution is 2.78. The average Bonchev–Trinajstić information content (AvgIpc) is 3.26. The van der Waals surface area contributed by atoms with E-state index >= 15 is 0 Å². The van der Waals surface area contributed by atoms with Crippen molar-refractivity contribution in [2.24, 2.45) is 31.7 Å². The second-order valence-corrected chi connectivity index (χ2v) is 9.86. The molecule has 0 spiro atoms. The van der Waals surface area contributed by atoms with Crippen molar-refractivity contribution in [3.63, 3.8) is 0 Å². The van der Waals surface area contributed by atoms with E-state index < -0.39 is 16.5 Å². The molecule has 29 heavy (non-hydrogen) atoms. The summed E-state index contributed by atoms with van der Waals surface area (Å²) in [4.78, 5) is 48.1. The SMILES string of the molecule is O=C=NCC12CCC(CC1)C2(C1(N=C=O)CCCCC1)C1(N=C=O)CCCCC1. The van der Waals surface area contributed by atoms with Crippen LogP contribution in [0.3, 0.4) is 0 Å². The van der Waals surface area contributed by atoms with E-state index in [-0.39, 0.29) is 5.41 Å². The van der Waals surface area contributed by atoms with Crippen LogP contribution in [-0.4, -0.2) is 35.9 Å². The molecule has 2 bridgehead atoms. The number of hydrogen-bond acceptors (Lipinski definition) is 6. The van der Waals surface area contributed by atoms with Crippen molar-refractivity contribution in [1.29, 1.82) is 0 Å². The zero-order chi connectivity index (χ0) is 20.4. The molecule has 0 saturated heterocycles. The maximum atomic E-state index is 11.8. The first-order valence-corrected chi connectivity index (χ1v) is 11.4. The molecule has 0 N–H and O–H groups in total. The van der Waals surface area contributed by atoms with Gasteiger partial charge in [0, 0.05) is 10.8 Å². The lowest BCUT2D eigenvalue weighted by Gasteiger charge is -2.63. The van der Waals surface area contributed by atoms with Crippen LogP contribution in [0.15, 0.2) is 15.0 Å². The first-order chi connectivity index (χ1) is 14.2. The number of isocyanates is 3. The number of fused-ring (bicyclic) bond motifs is 2. The van der Waals surface area contributed by atoms with Crippen molar-refractivity contribution in [2.75, 3.05) is 6.54 Å². The minimum atomic E-state index is -0.569. The first-order valence-electron chi connectivity index (χ1n) is 11.4. The largest absolute Gasteiger partial charge is 0.235 e. The van der Waals surface area contributed by atoms with Gasteiger partial charge in [-0.2, -0.15) is 9.98 Å². The number of hydrogen-bond donors (Lipinski definition) is 0. The molecule has 0 heterocycles. The number of carbonyl (C=O) groups excluding carboxylic acids is 3. The molecule has 4 fully saturated rings. The lowest BCUT2D eigenvalue weighted by atomic mass is 9.43. The van der Waals surface area contributed by atoms with Gasteiger partial charge in [-0.1, -0.05) is 38.5 Å². The molecule has 4 rings (SSSR count). The molecule has 0 aromatic heterocycles. The van der Waals surface area contributed by atoms with E-state index in [0.29, 0.717) is 12.5 Å². The summed E-state index contributed by atoms with van der Waals surface area (Å²) in [5.41, 5.74) is -1.82. The van der Waals surface area contributed by atoms with E-state index in [1.165, 1.54) is 0 Å². The summed E-state index contributed by atoms with van der Waals surface area (Å²) in [6, 6.07) is 0. The lowest BCUT2D eigenvalue weighted by Crippen LogP contribution is -2.68. The minimum Gasteiger partial charge on any atom is -0.211 e. The fourth-order valence-corrected chi connectivity index (χ4v) is 8.71. The van der Waals surface area contributed by atoms with E-state index in [0.717, 1.165) is 89.9 Å². The molecule has 6 nitrogen and oxygen atoms in total. The van der Waals surface area contributed by atoms with Crippen LogP contribution >= 0.6 is 0 Å². The number of rotatable bonds is 6. The molecule has 6 heteroatoms. The van der Waals surface area contributed by atoms with Gasteiger partial charge in [0.15, 0.2) is 0 Å². The normalized spacial score (nSPS) is 37.0. The molecular weight excluding hydrogens is 366 g/mol. The highest BCUT2D eigenvalue weighted by molar-refractivity contribution is 5.43. The van der Waals surface area contributed by atoms with Crippen LogP contribution in [0, 0.1) is 16.7 Å². The van der Waals surface area contributed by atoms with Gasteiger partial charge in [-0.25, -0.2) is 19.4 Å². The molecule has 0 atom stereocenters. The zero-order valence-electron chi connectivity index (χ0n) is 17.3. The molecule has 0 unspecified atom stereocenters. The van der Waals surface area contributed by atoms with Gasteiger partial charge in [0.05, 0.1) is 17.6 Å². The van der Waals surface area contributed by atoms with E-state index in [4.69, 9.17) is 0 Å². The molecule has 0 aromatic rings. The molecule has 0 aliphatic heterocycles. The fourth-order valence-electron chi connectivity index (χ4n) is 8.71. The van der Waals surface area contributed by atoms with Crippen molar-refractivity contribution in [3.8, 4) is 0 Å². The predicted octanol–water partition coefficient (Wildman–Crippen LogP) is 4.58. The Bertz CT molecular complexity index is 727. The predicted molar refractivity (Wildman–Crippen MR) is 108 cm³/mol. The minimum absolute atomic E-state index is 0.259. The van der Waals surface area contributed by atoms with Gasteiger partial charge in [0.25, 0.3) is 0 Å². The molecule has 4 aliphatic rings. The number of aliphatic imine (C=N–C) groups is 3. The van der Waals surface area contributed by atoms with Crippen LogP contribution in [0.25, 0.3) is 0 Å². The summed E-state index contributed by atoms with van der Waals surface area (Å²) in [6.07, 6.45) is 19.3. The zero-order valence-corrected chi connectivity index (χ0v) is 17.3. The van der Waals surface area contributed by atoms with Crippen LogP contribution in [0.5, 0.6) is 0 Å². The second-order valence-electron chi connectivity index (χ2n) is 9.86. The van der Waals surface area contributed by atoms with Crippen LogP contribution < -0.4 is 0 Å². The summed E-state index contributed by atoms with van der Waals surface area (Å²) in [5, 5.41) is 0. The summed E-state index contributed by atoms with van der Waals surface area (Å²) >= 11 is 0. The Labute approximate surface area is 172 Å². The highest BCUT2D eigenvalue weighted by Gasteiger charge is 2.79. The van der Waals surface area contributed by atoms with Gasteiger partial charge in [0.2, 0.25) is 18.2 Å². The second kappa shape index (κ2) is 7.76. The van der Waals surface area contributed by atoms with Gasteiger partial charge in [-0.15, -0.1) is 0 Å². The molecule has 0 amide bonds. The van der Waals surface area contributed by atoms with Crippen molar-refractivity contribution < 1.29 is 14.4 Å². The van der Waals surface area contributed by atoms with Crippen LogP contribution in [0.4, 0.5) is 0 Å². The molecule has 4 aliphatic carbocycles. The van der Waals surface area contributed by atoms with Gasteiger partial charge in [0.1, 0.15) is 0 Å². The van der Waals surface area contributed by atoms with Gasteiger partial charge in [-0.3, -0.25) is 0 Å². The highest BCUT2D eigenvalue weighted by atomic mass is 16.1. The summed E-state index contributed by atoms with van der Waals surface area (Å²) < 4.78 is 0. The van der Waals surface area contributed by atoms with E-state index in [9.17, 15) is 14.4 Å². The molecule has 0 radical (unpaired) electrons. The van der Waals surface area contributed by atoms with Gasteiger partial charge < -0.3 is 0 Å². The third kappa shape index (κ3) is 2.63. The maximum Gasteiger partial charge on any atom is 0.235 e. The Kier molecular flexibility index (Phi) is 5.46. The Morgan fingerprint density at radius 2 is 1.14 bits per heavy atom. The summed E-state index contributed by atoms with van der Waals surface area (Å²) in [7, 11) is 0. The standard InChI is InChI=1S/C23H31N3O3/c27-16-24-15-20-13-7-19(8-14-20)23(20,21(25-17-28)9-3-1-4-10-21)22(26-18-29)11-5-2-6-12-22/h19H,1-15H2. The molecule has 0 aromatic carbocycles. The third-order valence-electron chi connectivity index (χ3n) is 9.19. The van der Waals surface area contributed by atoms with Crippen molar-refractivity contribution in [2.45, 2.75) is 101 Å². The van der Waals surface area contributed by atoms with Crippen LogP contribution in [0.2, 0.25) is 0 Å². The smallest absolute Gasteiger partial charge is 0.211 e. The average molecular weight is 398 g/mol. The third-order valence-corrected chi connectivity index (χ3v) is 9.19. The van der Waals surface area contributed by atoms with E-state index in [2.05, 4.69) is 15.0 Å². The fraction of sp³-hybridized carbons (Fsp3) is 0.870. The molecule has 156 valence electrons. The Balaban J connectivity index is 2.03. The van der Waals surface area contributed by atoms with Crippen molar-refractivity contribution >= 4 is 18.2 Å². The van der Waals surface area contributed by atoms with Crippen molar-refractivity contribution in [1.82, 2.24) is 0 Å². The Morgan fingerprint density at radius 3 is 1.55 bits per heavy atom. The summed E-state index contributed by atoms with van der Waals surface area (Å²) in [6.45, 7) is 0.402. The topological polar surface area (TPSA) is 88.3 Å². The van der Waals surface area contributed by atoms with E-state index in [1.54, 1.807) is 6.08 Å². The Hall–Kier alpha value is -1.86. The maximum absolute atomic E-state index is 11.8. The first kappa shape index (κ1) is 20.4. The van der Waals surface area contributed by atoms with Crippen molar-refractivity contribution in [3.05, 3.63) is 0 Å². The summed E-state index contributed by atoms with van der Waals surface area (Å²) in [5.74, 6) is 0.342.